The van der Waals surface area contributed by atoms with Gasteiger partial charge in [-0.25, -0.2) is 9.22 Å². The van der Waals surface area contributed by atoms with Gasteiger partial charge in [0.2, 0.25) is 0 Å². The molecule has 0 spiro atoms. The number of hydrogen-bond donors (Lipinski definition) is 1. The molecule has 2 aromatic rings. The maximum Gasteiger partial charge on any atom is 0.276 e. The van der Waals surface area contributed by atoms with E-state index in [1.807, 2.05) is 6.92 Å². The molecule has 2 aromatic carbocycles. The van der Waals surface area contributed by atoms with Gasteiger partial charge < -0.3 is 0 Å². The van der Waals surface area contributed by atoms with Gasteiger partial charge in [0.05, 0.1) is 4.90 Å². The highest BCUT2D eigenvalue weighted by molar-refractivity contribution is 7.89. The molecule has 138 valence electrons. The summed E-state index contributed by atoms with van der Waals surface area (Å²) in [5.74, 6) is -0.192. The van der Waals surface area contributed by atoms with Crippen LogP contribution in [-0.2, 0) is 10.0 Å². The van der Waals surface area contributed by atoms with Crippen LogP contribution in [0.3, 0.4) is 0 Å². The molecule has 0 radical (unpaired) electrons. The minimum atomic E-state index is -3.67. The van der Waals surface area contributed by atoms with Crippen molar-refractivity contribution in [2.24, 2.45) is 5.10 Å². The van der Waals surface area contributed by atoms with E-state index in [9.17, 15) is 12.8 Å². The molecule has 1 N–H and O–H groups in total. The van der Waals surface area contributed by atoms with Crippen LogP contribution in [0.5, 0.6) is 0 Å². The van der Waals surface area contributed by atoms with Gasteiger partial charge in [0.1, 0.15) is 5.82 Å². The Morgan fingerprint density at radius 3 is 2.38 bits per heavy atom. The molecule has 4 nitrogen and oxygen atoms in total. The minimum Gasteiger partial charge on any atom is -0.207 e. The first-order chi connectivity index (χ1) is 12.3. The third-order valence-corrected chi connectivity index (χ3v) is 6.08. The number of benzene rings is 2. The zero-order chi connectivity index (χ0) is 18.7. The van der Waals surface area contributed by atoms with Crippen LogP contribution in [0.1, 0.15) is 42.7 Å². The highest BCUT2D eigenvalue weighted by Gasteiger charge is 2.22. The highest BCUT2D eigenvalue weighted by atomic mass is 35.5. The molecule has 1 fully saturated rings. The molecule has 1 saturated carbocycles. The van der Waals surface area contributed by atoms with Crippen molar-refractivity contribution in [3.8, 4) is 0 Å². The smallest absolute Gasteiger partial charge is 0.207 e. The molecule has 0 bridgehead atoms. The van der Waals surface area contributed by atoms with E-state index in [-0.39, 0.29) is 16.6 Å². The van der Waals surface area contributed by atoms with E-state index in [1.165, 1.54) is 6.07 Å². The topological polar surface area (TPSA) is 58.5 Å². The lowest BCUT2D eigenvalue weighted by molar-refractivity contribution is 0.520. The van der Waals surface area contributed by atoms with E-state index in [0.717, 1.165) is 24.1 Å². The van der Waals surface area contributed by atoms with E-state index >= 15 is 0 Å². The largest absolute Gasteiger partial charge is 0.276 e. The fourth-order valence-electron chi connectivity index (χ4n) is 3.10. The van der Waals surface area contributed by atoms with Crippen LogP contribution in [0.15, 0.2) is 52.5 Å². The lowest BCUT2D eigenvalue weighted by Gasteiger charge is -2.23. The van der Waals surface area contributed by atoms with Crippen LogP contribution in [0.4, 0.5) is 4.39 Å². The van der Waals surface area contributed by atoms with Crippen molar-refractivity contribution < 1.29 is 12.8 Å². The monoisotopic (exact) mass is 394 g/mol. The Hall–Kier alpha value is -1.92. The van der Waals surface area contributed by atoms with Gasteiger partial charge in [0.15, 0.2) is 0 Å². The Bertz CT molecular complexity index is 917. The van der Waals surface area contributed by atoms with Gasteiger partial charge in [-0.05, 0) is 68.4 Å². The summed E-state index contributed by atoms with van der Waals surface area (Å²) in [6.07, 6.45) is 2.71. The van der Waals surface area contributed by atoms with Crippen LogP contribution in [0.2, 0.25) is 5.02 Å². The average Bonchev–Trinajstić information content (AvgIpc) is 2.61. The second-order valence-electron chi connectivity index (χ2n) is 6.53. The van der Waals surface area contributed by atoms with E-state index in [0.29, 0.717) is 23.4 Å². The fraction of sp³-hybridized carbons (Fsp3) is 0.316. The Kier molecular flexibility index (Phi) is 5.63. The molecule has 0 unspecified atom stereocenters. The molecular formula is C19H20ClFN2O2S. The molecule has 0 heterocycles. The molecule has 0 aliphatic heterocycles. The number of nitrogens with zero attached hydrogens (tertiary/aromatic N) is 1. The zero-order valence-corrected chi connectivity index (χ0v) is 15.9. The summed E-state index contributed by atoms with van der Waals surface area (Å²) >= 11 is 5.80. The lowest BCUT2D eigenvalue weighted by atomic mass is 9.83. The normalized spacial score (nSPS) is 17.8. The molecule has 7 heteroatoms. The molecule has 0 amide bonds. The van der Waals surface area contributed by atoms with E-state index in [2.05, 4.69) is 9.93 Å². The molecule has 0 saturated heterocycles. The van der Waals surface area contributed by atoms with Crippen LogP contribution in [0, 0.1) is 12.7 Å². The standard InChI is InChI=1S/C19H20ClFN2O2S/c1-13-2-9-17(10-3-13)26(24,25)23-22-16-7-4-14(5-8-16)18-11-6-15(20)12-19(18)21/h2-3,6,9-12,14,23H,4-5,7-8H2,1H3. The zero-order valence-electron chi connectivity index (χ0n) is 14.4. The molecule has 0 atom stereocenters. The lowest BCUT2D eigenvalue weighted by Crippen LogP contribution is -2.22. The number of hydrazone groups is 1. The second-order valence-corrected chi connectivity index (χ2v) is 8.62. The minimum absolute atomic E-state index is 0.0972. The van der Waals surface area contributed by atoms with Crippen molar-refractivity contribution in [3.05, 3.63) is 64.4 Å². The summed E-state index contributed by atoms with van der Waals surface area (Å²) in [4.78, 5) is 2.49. The number of rotatable bonds is 4. The van der Waals surface area contributed by atoms with E-state index < -0.39 is 10.0 Å². The number of sulfonamides is 1. The van der Waals surface area contributed by atoms with Gasteiger partial charge in [-0.15, -0.1) is 0 Å². The van der Waals surface area contributed by atoms with Gasteiger partial charge in [-0.2, -0.15) is 13.5 Å². The molecule has 0 aromatic heterocycles. The molecule has 3 rings (SSSR count). The van der Waals surface area contributed by atoms with Crippen molar-refractivity contribution in [2.75, 3.05) is 0 Å². The van der Waals surface area contributed by atoms with Crippen LogP contribution >= 0.6 is 11.6 Å². The Labute approximate surface area is 158 Å². The Morgan fingerprint density at radius 1 is 1.12 bits per heavy atom. The van der Waals surface area contributed by atoms with Crippen molar-refractivity contribution in [1.29, 1.82) is 0 Å². The summed E-state index contributed by atoms with van der Waals surface area (Å²) in [6, 6.07) is 11.3. The second kappa shape index (κ2) is 7.76. The number of hydrogen-bond acceptors (Lipinski definition) is 3. The first-order valence-corrected chi connectivity index (χ1v) is 10.3. The van der Waals surface area contributed by atoms with E-state index in [4.69, 9.17) is 11.6 Å². The quantitative estimate of drug-likeness (QED) is 0.758. The number of aryl methyl sites for hydroxylation is 1. The number of nitrogens with one attached hydrogen (secondary N) is 1. The van der Waals surface area contributed by atoms with E-state index in [1.54, 1.807) is 36.4 Å². The summed E-state index contributed by atoms with van der Waals surface area (Å²) in [6.45, 7) is 1.89. The van der Waals surface area contributed by atoms with Crippen LogP contribution in [0.25, 0.3) is 0 Å². The van der Waals surface area contributed by atoms with Gasteiger partial charge in [0, 0.05) is 10.7 Å². The molecule has 26 heavy (non-hydrogen) atoms. The fourth-order valence-corrected chi connectivity index (χ4v) is 4.11. The highest BCUT2D eigenvalue weighted by Crippen LogP contribution is 2.33. The Balaban J connectivity index is 1.63. The summed E-state index contributed by atoms with van der Waals surface area (Å²) in [7, 11) is -3.67. The molecule has 1 aliphatic carbocycles. The predicted molar refractivity (Wildman–Crippen MR) is 102 cm³/mol. The first kappa shape index (κ1) is 18.9. The summed E-state index contributed by atoms with van der Waals surface area (Å²) < 4.78 is 38.6. The van der Waals surface area contributed by atoms with Gasteiger partial charge in [-0.1, -0.05) is 35.4 Å². The predicted octanol–water partition coefficient (Wildman–Crippen LogP) is 4.78. The summed E-state index contributed by atoms with van der Waals surface area (Å²) in [5, 5.41) is 4.47. The van der Waals surface area contributed by atoms with Crippen LogP contribution < -0.4 is 4.83 Å². The SMILES string of the molecule is Cc1ccc(S(=O)(=O)NN=C2CCC(c3ccc(Cl)cc3F)CC2)cc1. The van der Waals surface area contributed by atoms with Crippen molar-refractivity contribution in [2.45, 2.75) is 43.4 Å². The Morgan fingerprint density at radius 2 is 1.77 bits per heavy atom. The van der Waals surface area contributed by atoms with Crippen LogP contribution in [-0.4, -0.2) is 14.1 Å². The van der Waals surface area contributed by atoms with Crippen molar-refractivity contribution in [3.63, 3.8) is 0 Å². The van der Waals surface area contributed by atoms with Crippen molar-refractivity contribution in [1.82, 2.24) is 4.83 Å². The number of halogens is 2. The van der Waals surface area contributed by atoms with Crippen molar-refractivity contribution >= 4 is 27.3 Å². The van der Waals surface area contributed by atoms with Gasteiger partial charge in [-0.3, -0.25) is 0 Å². The first-order valence-electron chi connectivity index (χ1n) is 8.44. The van der Waals surface area contributed by atoms with Gasteiger partial charge in [0.25, 0.3) is 10.0 Å². The molecular weight excluding hydrogens is 375 g/mol. The third kappa shape index (κ3) is 4.43. The maximum atomic E-state index is 14.0. The maximum absolute atomic E-state index is 14.0. The van der Waals surface area contributed by atoms with Gasteiger partial charge >= 0.3 is 0 Å². The third-order valence-electron chi connectivity index (χ3n) is 4.62. The summed E-state index contributed by atoms with van der Waals surface area (Å²) in [5.41, 5.74) is 2.43. The average molecular weight is 395 g/mol. The molecule has 1 aliphatic rings.